The van der Waals surface area contributed by atoms with Crippen LogP contribution in [0.4, 0.5) is 4.79 Å². The maximum absolute atomic E-state index is 13.2. The van der Waals surface area contributed by atoms with Crippen LogP contribution in [0.2, 0.25) is 0 Å². The predicted octanol–water partition coefficient (Wildman–Crippen LogP) is 4.20. The van der Waals surface area contributed by atoms with E-state index in [2.05, 4.69) is 10.6 Å². The Bertz CT molecular complexity index is 1110. The first kappa shape index (κ1) is 28.9. The van der Waals surface area contributed by atoms with E-state index < -0.39 is 12.0 Å². The van der Waals surface area contributed by atoms with Gasteiger partial charge in [0.2, 0.25) is 0 Å². The number of esters is 1. The van der Waals surface area contributed by atoms with E-state index in [-0.39, 0.29) is 23.8 Å². The summed E-state index contributed by atoms with van der Waals surface area (Å²) < 4.78 is 10.5. The Labute approximate surface area is 225 Å². The number of carbonyl (C=O) groups excluding carboxylic acids is 3. The van der Waals surface area contributed by atoms with Gasteiger partial charge in [-0.25, -0.2) is 9.59 Å². The number of amides is 3. The SMILES string of the molecule is CCOc1ccccc1CNC(=O)c1ccc(C)nc1C1CCN(C(=O)NC(CC(C)C)C(=O)OC)CC1. The maximum Gasteiger partial charge on any atom is 0.328 e. The highest BCUT2D eigenvalue weighted by Crippen LogP contribution is 2.30. The number of para-hydroxylation sites is 1. The molecule has 38 heavy (non-hydrogen) atoms. The molecule has 1 fully saturated rings. The molecule has 3 rings (SSSR count). The predicted molar refractivity (Wildman–Crippen MR) is 145 cm³/mol. The molecule has 1 aromatic heterocycles. The summed E-state index contributed by atoms with van der Waals surface area (Å²) in [5.41, 5.74) is 3.06. The Morgan fingerprint density at radius 3 is 2.47 bits per heavy atom. The van der Waals surface area contributed by atoms with Gasteiger partial charge >= 0.3 is 12.0 Å². The van der Waals surface area contributed by atoms with Crippen LogP contribution in [0, 0.1) is 12.8 Å². The average molecular weight is 525 g/mol. The van der Waals surface area contributed by atoms with Crippen LogP contribution < -0.4 is 15.4 Å². The summed E-state index contributed by atoms with van der Waals surface area (Å²) in [4.78, 5) is 44.7. The van der Waals surface area contributed by atoms with Gasteiger partial charge in [-0.15, -0.1) is 0 Å². The molecule has 1 aliphatic heterocycles. The number of carbonyl (C=O) groups is 3. The number of piperidine rings is 1. The molecule has 2 aromatic rings. The molecule has 1 atom stereocenters. The van der Waals surface area contributed by atoms with Crippen molar-refractivity contribution in [2.45, 2.75) is 65.5 Å². The topological polar surface area (TPSA) is 110 Å². The zero-order chi connectivity index (χ0) is 27.7. The zero-order valence-corrected chi connectivity index (χ0v) is 23.1. The van der Waals surface area contributed by atoms with E-state index in [0.29, 0.717) is 51.1 Å². The lowest BCUT2D eigenvalue weighted by atomic mass is 9.90. The minimum Gasteiger partial charge on any atom is -0.494 e. The third-order valence-corrected chi connectivity index (χ3v) is 6.68. The van der Waals surface area contributed by atoms with Crippen molar-refractivity contribution >= 4 is 17.9 Å². The van der Waals surface area contributed by atoms with Crippen LogP contribution in [-0.4, -0.2) is 60.6 Å². The van der Waals surface area contributed by atoms with E-state index in [1.807, 2.05) is 64.1 Å². The molecule has 3 amide bonds. The molecule has 0 bridgehead atoms. The van der Waals surface area contributed by atoms with Gasteiger partial charge in [0.05, 0.1) is 25.0 Å². The summed E-state index contributed by atoms with van der Waals surface area (Å²) in [5, 5.41) is 5.85. The summed E-state index contributed by atoms with van der Waals surface area (Å²) in [5.74, 6) is 0.405. The number of pyridine rings is 1. The Morgan fingerprint density at radius 1 is 1.11 bits per heavy atom. The summed E-state index contributed by atoms with van der Waals surface area (Å²) >= 11 is 0. The lowest BCUT2D eigenvalue weighted by molar-refractivity contribution is -0.143. The van der Waals surface area contributed by atoms with Crippen LogP contribution >= 0.6 is 0 Å². The van der Waals surface area contributed by atoms with Crippen LogP contribution in [0.5, 0.6) is 5.75 Å². The van der Waals surface area contributed by atoms with Crippen LogP contribution in [-0.2, 0) is 16.1 Å². The first-order chi connectivity index (χ1) is 18.2. The van der Waals surface area contributed by atoms with E-state index in [9.17, 15) is 14.4 Å². The third kappa shape index (κ3) is 7.69. The minimum absolute atomic E-state index is 0.0440. The number of hydrogen-bond acceptors (Lipinski definition) is 6. The zero-order valence-electron chi connectivity index (χ0n) is 23.1. The van der Waals surface area contributed by atoms with Crippen LogP contribution in [0.1, 0.15) is 73.3 Å². The molecule has 0 spiro atoms. The highest BCUT2D eigenvalue weighted by atomic mass is 16.5. The van der Waals surface area contributed by atoms with Gasteiger partial charge < -0.3 is 25.0 Å². The van der Waals surface area contributed by atoms with Gasteiger partial charge in [-0.05, 0) is 57.2 Å². The molecule has 9 nitrogen and oxygen atoms in total. The summed E-state index contributed by atoms with van der Waals surface area (Å²) in [7, 11) is 1.33. The Kier molecular flexibility index (Phi) is 10.5. The van der Waals surface area contributed by atoms with Crippen molar-refractivity contribution in [2.24, 2.45) is 5.92 Å². The van der Waals surface area contributed by atoms with Crippen LogP contribution in [0.25, 0.3) is 0 Å². The molecule has 1 aromatic carbocycles. The molecule has 206 valence electrons. The highest BCUT2D eigenvalue weighted by Gasteiger charge is 2.30. The number of urea groups is 1. The van der Waals surface area contributed by atoms with Crippen molar-refractivity contribution in [3.63, 3.8) is 0 Å². The second kappa shape index (κ2) is 13.8. The number of ether oxygens (including phenoxy) is 2. The number of likely N-dealkylation sites (tertiary alicyclic amines) is 1. The quantitative estimate of drug-likeness (QED) is 0.451. The van der Waals surface area contributed by atoms with Crippen molar-refractivity contribution < 1.29 is 23.9 Å². The van der Waals surface area contributed by atoms with Crippen molar-refractivity contribution in [3.8, 4) is 5.75 Å². The second-order valence-corrected chi connectivity index (χ2v) is 10.0. The number of aryl methyl sites for hydroxylation is 1. The molecule has 0 radical (unpaired) electrons. The molecule has 0 aliphatic carbocycles. The number of nitrogens with one attached hydrogen (secondary N) is 2. The highest BCUT2D eigenvalue weighted by molar-refractivity contribution is 5.95. The summed E-state index contributed by atoms with van der Waals surface area (Å²) in [6, 6.07) is 10.4. The number of nitrogens with zero attached hydrogens (tertiary/aromatic N) is 2. The van der Waals surface area contributed by atoms with Gasteiger partial charge in [0.1, 0.15) is 11.8 Å². The maximum atomic E-state index is 13.2. The lowest BCUT2D eigenvalue weighted by Gasteiger charge is -2.33. The molecular formula is C29H40N4O5. The van der Waals surface area contributed by atoms with E-state index >= 15 is 0 Å². The molecule has 0 saturated carbocycles. The van der Waals surface area contributed by atoms with Gasteiger partial charge in [-0.3, -0.25) is 9.78 Å². The van der Waals surface area contributed by atoms with Gasteiger partial charge in [-0.1, -0.05) is 32.0 Å². The molecular weight excluding hydrogens is 484 g/mol. The first-order valence-corrected chi connectivity index (χ1v) is 13.3. The molecule has 1 saturated heterocycles. The van der Waals surface area contributed by atoms with Crippen molar-refractivity contribution in [1.29, 1.82) is 0 Å². The molecule has 2 N–H and O–H groups in total. The fourth-order valence-electron chi connectivity index (χ4n) is 4.72. The minimum atomic E-state index is -0.674. The van der Waals surface area contributed by atoms with E-state index in [1.54, 1.807) is 4.90 Å². The second-order valence-electron chi connectivity index (χ2n) is 10.0. The molecule has 9 heteroatoms. The Balaban J connectivity index is 1.65. The van der Waals surface area contributed by atoms with E-state index in [1.165, 1.54) is 7.11 Å². The fourth-order valence-corrected chi connectivity index (χ4v) is 4.72. The van der Waals surface area contributed by atoms with Crippen molar-refractivity contribution in [3.05, 3.63) is 58.9 Å². The summed E-state index contributed by atoms with van der Waals surface area (Å²) in [6.45, 7) is 9.73. The normalized spacial score (nSPS) is 14.6. The number of benzene rings is 1. The summed E-state index contributed by atoms with van der Waals surface area (Å²) in [6.07, 6.45) is 1.85. The van der Waals surface area contributed by atoms with Gasteiger partial charge in [0, 0.05) is 36.8 Å². The van der Waals surface area contributed by atoms with Gasteiger partial charge in [-0.2, -0.15) is 0 Å². The number of methoxy groups -OCH3 is 1. The number of rotatable bonds is 10. The largest absolute Gasteiger partial charge is 0.494 e. The smallest absolute Gasteiger partial charge is 0.328 e. The lowest BCUT2D eigenvalue weighted by Crippen LogP contribution is -2.50. The van der Waals surface area contributed by atoms with Crippen molar-refractivity contribution in [2.75, 3.05) is 26.8 Å². The van der Waals surface area contributed by atoms with Crippen molar-refractivity contribution in [1.82, 2.24) is 20.5 Å². The monoisotopic (exact) mass is 524 g/mol. The molecule has 1 aliphatic rings. The Morgan fingerprint density at radius 2 is 1.82 bits per heavy atom. The molecule has 2 heterocycles. The van der Waals surface area contributed by atoms with E-state index in [0.717, 1.165) is 22.7 Å². The van der Waals surface area contributed by atoms with Gasteiger partial charge in [0.25, 0.3) is 5.91 Å². The van der Waals surface area contributed by atoms with Gasteiger partial charge in [0.15, 0.2) is 0 Å². The number of aromatic nitrogens is 1. The Hall–Kier alpha value is -3.62. The third-order valence-electron chi connectivity index (χ3n) is 6.68. The van der Waals surface area contributed by atoms with Crippen LogP contribution in [0.15, 0.2) is 36.4 Å². The fraction of sp³-hybridized carbons (Fsp3) is 0.517. The molecule has 1 unspecified atom stereocenters. The average Bonchev–Trinajstić information content (AvgIpc) is 2.91. The number of hydrogen-bond donors (Lipinski definition) is 2. The first-order valence-electron chi connectivity index (χ1n) is 13.3. The standard InChI is InChI=1S/C29H40N4O5/c1-6-38-25-10-8-7-9-22(25)18-30-27(34)23-12-11-20(4)31-26(23)21-13-15-33(16-14-21)29(36)32-24(17-19(2)3)28(35)37-5/h7-12,19,21,24H,6,13-18H2,1-5H3,(H,30,34)(H,32,36). The van der Waals surface area contributed by atoms with E-state index in [4.69, 9.17) is 14.5 Å². The van der Waals surface area contributed by atoms with Crippen LogP contribution in [0.3, 0.4) is 0 Å².